The Hall–Kier alpha value is -0.235. The Bertz CT molecular complexity index is 1040. The zero-order chi connectivity index (χ0) is 29.7. The van der Waals surface area contributed by atoms with Crippen molar-refractivity contribution < 1.29 is 0 Å². The predicted octanol–water partition coefficient (Wildman–Crippen LogP) is 8.01. The van der Waals surface area contributed by atoms with Gasteiger partial charge in [0.05, 0.1) is 0 Å². The van der Waals surface area contributed by atoms with Crippen molar-refractivity contribution in [2.75, 3.05) is 0 Å². The van der Waals surface area contributed by atoms with Crippen LogP contribution in [-0.4, -0.2) is 44.0 Å². The van der Waals surface area contributed by atoms with Crippen LogP contribution in [-0.2, 0) is 0 Å². The van der Waals surface area contributed by atoms with Gasteiger partial charge in [-0.1, -0.05) is 0 Å². The van der Waals surface area contributed by atoms with Gasteiger partial charge < -0.3 is 0 Å². The van der Waals surface area contributed by atoms with Crippen LogP contribution in [0.5, 0.6) is 0 Å². The third-order valence-electron chi connectivity index (χ3n) is 7.50. The van der Waals surface area contributed by atoms with Gasteiger partial charge in [-0.05, 0) is 0 Å². The predicted molar refractivity (Wildman–Crippen MR) is 192 cm³/mol. The van der Waals surface area contributed by atoms with Crippen LogP contribution in [0.4, 0.5) is 0 Å². The molecule has 218 valence electrons. The van der Waals surface area contributed by atoms with Gasteiger partial charge in [-0.15, -0.1) is 0 Å². The Labute approximate surface area is 263 Å². The van der Waals surface area contributed by atoms with Crippen molar-refractivity contribution in [3.05, 3.63) is 72.8 Å². The van der Waals surface area contributed by atoms with Crippen molar-refractivity contribution >= 4 is 80.8 Å². The fourth-order valence-electron chi connectivity index (χ4n) is 6.40. The first-order valence-corrected chi connectivity index (χ1v) is 25.9. The molecule has 0 amide bonds. The first kappa shape index (κ1) is 34.3. The Morgan fingerprint density at radius 3 is 0.800 bits per heavy atom. The van der Waals surface area contributed by atoms with E-state index < -0.39 is 51.9 Å². The molecular formula is C36H54As3P. The number of hydrogen-bond acceptors (Lipinski definition) is 0. The van der Waals surface area contributed by atoms with E-state index in [2.05, 4.69) is 156 Å². The maximum absolute atomic E-state index is 2.64. The molecular weight excluding hydrogens is 688 g/mol. The zero-order valence-electron chi connectivity index (χ0n) is 27.2. The van der Waals surface area contributed by atoms with Crippen molar-refractivity contribution in [2.24, 2.45) is 0 Å². The second-order valence-electron chi connectivity index (χ2n) is 12.7. The van der Waals surface area contributed by atoms with Gasteiger partial charge in [-0.25, -0.2) is 0 Å². The zero-order valence-corrected chi connectivity index (χ0v) is 33.7. The van der Waals surface area contributed by atoms with Crippen LogP contribution in [0.3, 0.4) is 0 Å². The molecule has 0 aliphatic carbocycles. The van der Waals surface area contributed by atoms with E-state index in [-0.39, 0.29) is 0 Å². The molecule has 0 heterocycles. The molecule has 0 atom stereocenters. The Kier molecular flexibility index (Phi) is 13.3. The minimum atomic E-state index is -1.16. The molecule has 0 aliphatic heterocycles. The fourth-order valence-corrected chi connectivity index (χ4v) is 27.9. The van der Waals surface area contributed by atoms with Crippen molar-refractivity contribution in [3.63, 3.8) is 0 Å². The van der Waals surface area contributed by atoms with Gasteiger partial charge in [0, 0.05) is 0 Å². The van der Waals surface area contributed by atoms with E-state index in [1.54, 1.807) is 29.0 Å². The topological polar surface area (TPSA) is 0 Å². The quantitative estimate of drug-likeness (QED) is 0.130. The summed E-state index contributed by atoms with van der Waals surface area (Å²) in [6.07, 6.45) is 0. The van der Waals surface area contributed by atoms with E-state index in [0.29, 0.717) is 0 Å². The number of rotatable bonds is 12. The van der Waals surface area contributed by atoms with Crippen molar-refractivity contribution in [2.45, 2.75) is 111 Å². The Balaban J connectivity index is 2.26. The van der Waals surface area contributed by atoms with E-state index in [0.717, 1.165) is 28.2 Å². The molecule has 0 aliphatic rings. The molecule has 0 spiro atoms. The van der Waals surface area contributed by atoms with E-state index >= 15 is 0 Å². The molecule has 0 bridgehead atoms. The molecule has 3 rings (SSSR count). The van der Waals surface area contributed by atoms with Gasteiger partial charge >= 0.3 is 265 Å². The standard InChI is InChI=1S/C36H54As3P/c1-25(2)37(26(3)4)31-16-13-19-34(22-31)40(35-20-14-17-32(23-35)38(27(5)6)28(7)8)36-21-15-18-33(24-36)39(29(9)10)30(11)12/h13-30H,1-12H3. The summed E-state index contributed by atoms with van der Waals surface area (Å²) in [6, 6.07) is 29.8. The second-order valence-corrected chi connectivity index (χ2v) is 36.3. The van der Waals surface area contributed by atoms with Crippen LogP contribution in [0.2, 0.25) is 28.2 Å². The summed E-state index contributed by atoms with van der Waals surface area (Å²) in [5.74, 6) is 0. The minimum absolute atomic E-state index is 0.615. The van der Waals surface area contributed by atoms with Gasteiger partial charge in [0.2, 0.25) is 0 Å². The van der Waals surface area contributed by atoms with Crippen LogP contribution in [0, 0.1) is 0 Å². The summed E-state index contributed by atoms with van der Waals surface area (Å²) in [5.41, 5.74) is 0. The molecule has 3 aromatic rings. The third-order valence-corrected chi connectivity index (χ3v) is 29.4. The van der Waals surface area contributed by atoms with Gasteiger partial charge in [0.15, 0.2) is 0 Å². The summed E-state index contributed by atoms with van der Waals surface area (Å²) in [7, 11) is -0.615. The van der Waals surface area contributed by atoms with Crippen LogP contribution in [0.1, 0.15) is 83.1 Å². The molecule has 0 unspecified atom stereocenters. The van der Waals surface area contributed by atoms with E-state index in [4.69, 9.17) is 0 Å². The fraction of sp³-hybridized carbons (Fsp3) is 0.500. The van der Waals surface area contributed by atoms with Gasteiger partial charge in [0.1, 0.15) is 0 Å². The van der Waals surface area contributed by atoms with Gasteiger partial charge in [0.25, 0.3) is 0 Å². The average Bonchev–Trinajstić information content (AvgIpc) is 2.84. The molecule has 3 aromatic carbocycles. The van der Waals surface area contributed by atoms with Crippen molar-refractivity contribution in [3.8, 4) is 0 Å². The summed E-state index contributed by atoms with van der Waals surface area (Å²) in [6.45, 7) is 29.4. The summed E-state index contributed by atoms with van der Waals surface area (Å²) in [5, 5.41) is 4.64. The van der Waals surface area contributed by atoms with Gasteiger partial charge in [-0.2, -0.15) is 0 Å². The molecule has 0 radical (unpaired) electrons. The molecule has 0 fully saturated rings. The van der Waals surface area contributed by atoms with Crippen molar-refractivity contribution in [1.82, 2.24) is 0 Å². The summed E-state index contributed by atoms with van der Waals surface area (Å²) >= 11 is -3.48. The van der Waals surface area contributed by atoms with E-state index in [9.17, 15) is 0 Å². The Morgan fingerprint density at radius 1 is 0.375 bits per heavy atom. The molecule has 0 nitrogen and oxygen atoms in total. The van der Waals surface area contributed by atoms with Crippen LogP contribution >= 0.6 is 7.92 Å². The average molecular weight is 743 g/mol. The molecule has 0 saturated carbocycles. The van der Waals surface area contributed by atoms with E-state index in [1.165, 1.54) is 0 Å². The first-order chi connectivity index (χ1) is 18.8. The molecule has 0 saturated heterocycles. The normalized spacial score (nSPS) is 12.8. The summed E-state index contributed by atoms with van der Waals surface area (Å²) in [4.78, 5) is 0. The molecule has 40 heavy (non-hydrogen) atoms. The number of hydrogen-bond donors (Lipinski definition) is 0. The van der Waals surface area contributed by atoms with Crippen LogP contribution in [0.15, 0.2) is 72.8 Å². The monoisotopic (exact) mass is 742 g/mol. The Morgan fingerprint density at radius 2 is 0.600 bits per heavy atom. The van der Waals surface area contributed by atoms with Crippen LogP contribution < -0.4 is 29.0 Å². The number of benzene rings is 3. The second kappa shape index (κ2) is 15.5. The molecule has 0 N–H and O–H groups in total. The first-order valence-electron chi connectivity index (χ1n) is 15.3. The van der Waals surface area contributed by atoms with Gasteiger partial charge in [-0.3, -0.25) is 0 Å². The maximum atomic E-state index is 2.64. The SMILES string of the molecule is CC(C)[As](c1cccc(P(c2cccc([As](C(C)C)C(C)C)c2)c2cccc([As](C(C)C)C(C)C)c2)c1)C(C)C. The summed E-state index contributed by atoms with van der Waals surface area (Å²) < 4.78 is 9.60. The van der Waals surface area contributed by atoms with E-state index in [1.807, 2.05) is 0 Å². The molecule has 4 heteroatoms. The molecule has 0 aromatic heterocycles. The third kappa shape index (κ3) is 8.44. The van der Waals surface area contributed by atoms with Crippen LogP contribution in [0.25, 0.3) is 0 Å². The van der Waals surface area contributed by atoms with Crippen molar-refractivity contribution in [1.29, 1.82) is 0 Å².